The molecule has 8 heteroatoms. The van der Waals surface area contributed by atoms with Crippen LogP contribution in [0.25, 0.3) is 0 Å². The first kappa shape index (κ1) is 48.7. The molecule has 0 heterocycles. The number of rotatable bonds is 38. The molecule has 0 aromatic heterocycles. The van der Waals surface area contributed by atoms with E-state index in [4.69, 9.17) is 0 Å². The lowest BCUT2D eigenvalue weighted by molar-refractivity contribution is -0.173. The largest absolute Gasteiger partial charge is 0.481 e. The summed E-state index contributed by atoms with van der Waals surface area (Å²) >= 11 is 0. The van der Waals surface area contributed by atoms with E-state index >= 15 is 0 Å². The number of carbonyl (C=O) groups is 4. The molecule has 0 saturated heterocycles. The Morgan fingerprint density at radius 3 is 1.24 bits per heavy atom. The van der Waals surface area contributed by atoms with Gasteiger partial charge in [0.25, 0.3) is 0 Å². The van der Waals surface area contributed by atoms with Crippen molar-refractivity contribution in [1.29, 1.82) is 0 Å². The molecule has 51 heavy (non-hydrogen) atoms. The average molecular weight is 721 g/mol. The van der Waals surface area contributed by atoms with Crippen molar-refractivity contribution in [3.8, 4) is 0 Å². The predicted molar refractivity (Wildman–Crippen MR) is 208 cm³/mol. The summed E-state index contributed by atoms with van der Waals surface area (Å²) in [6, 6.07) is 0. The molecule has 4 N–H and O–H groups in total. The number of allylic oxidation sites excluding steroid dienone is 4. The van der Waals surface area contributed by atoms with E-state index in [-0.39, 0.29) is 12.8 Å². The van der Waals surface area contributed by atoms with Gasteiger partial charge < -0.3 is 20.4 Å². The van der Waals surface area contributed by atoms with Crippen LogP contribution in [0.1, 0.15) is 200 Å². The zero-order valence-corrected chi connectivity index (χ0v) is 32.6. The Kier molecular flexibility index (Phi) is 32.0. The lowest BCUT2D eigenvalue weighted by atomic mass is 9.65. The van der Waals surface area contributed by atoms with Crippen LogP contribution in [0.5, 0.6) is 0 Å². The number of aliphatic hydroxyl groups is 2. The van der Waals surface area contributed by atoms with E-state index in [0.29, 0.717) is 25.7 Å². The monoisotopic (exact) mass is 721 g/mol. The number of aliphatic hydroxyl groups excluding tert-OH is 2. The van der Waals surface area contributed by atoms with Crippen LogP contribution < -0.4 is 0 Å². The molecule has 0 saturated carbocycles. The third-order valence-electron chi connectivity index (χ3n) is 10.1. The molecule has 3 unspecified atom stereocenters. The van der Waals surface area contributed by atoms with Gasteiger partial charge in [0.15, 0.2) is 5.78 Å². The average Bonchev–Trinajstić information content (AvgIpc) is 3.10. The maximum Gasteiger partial charge on any atom is 0.318 e. The zero-order valence-electron chi connectivity index (χ0n) is 32.6. The van der Waals surface area contributed by atoms with E-state index < -0.39 is 54.0 Å². The van der Waals surface area contributed by atoms with Crippen molar-refractivity contribution in [2.24, 2.45) is 11.3 Å². The maximum atomic E-state index is 13.6. The van der Waals surface area contributed by atoms with Gasteiger partial charge in [0.05, 0.1) is 12.7 Å². The number of carboxylic acid groups (broad SMARTS) is 2. The molecule has 0 rings (SSSR count). The van der Waals surface area contributed by atoms with Gasteiger partial charge in [-0.05, 0) is 70.6 Å². The highest BCUT2D eigenvalue weighted by Gasteiger charge is 2.58. The van der Waals surface area contributed by atoms with Crippen molar-refractivity contribution in [3.63, 3.8) is 0 Å². The Hall–Kier alpha value is -2.32. The van der Waals surface area contributed by atoms with Gasteiger partial charge >= 0.3 is 11.9 Å². The van der Waals surface area contributed by atoms with Crippen molar-refractivity contribution < 1.29 is 39.6 Å². The van der Waals surface area contributed by atoms with Crippen LogP contribution in [0.3, 0.4) is 0 Å². The summed E-state index contributed by atoms with van der Waals surface area (Å²) in [4.78, 5) is 52.0. The first-order valence-electron chi connectivity index (χ1n) is 20.8. The minimum absolute atomic E-state index is 0.153. The lowest BCUT2D eigenvalue weighted by Crippen LogP contribution is -2.54. The smallest absolute Gasteiger partial charge is 0.318 e. The summed E-state index contributed by atoms with van der Waals surface area (Å²) < 4.78 is 0. The fourth-order valence-electron chi connectivity index (χ4n) is 6.88. The third kappa shape index (κ3) is 23.8. The molecule has 0 aliphatic rings. The standard InChI is InChI=1S/C43H76O8/c1-3-5-7-9-11-13-15-17-19-21-23-25-27-29-31-33-38(46)40(41(48)49)43(42(50)51,35-37(45)36-44)39(47)34-32-30-28-26-24-22-20-18-16-14-12-10-8-6-4-2/h17-20,37,40,44-45H,3-16,21-36H2,1-2H3,(H,48,49)(H,50,51). The van der Waals surface area contributed by atoms with Crippen molar-refractivity contribution >= 4 is 23.5 Å². The SMILES string of the molecule is CCCCCCCCC=CCCCCCCCC(=O)C(C(=O)O)C(CC(O)CO)(C(=O)O)C(=O)CCCCCCCC=CCCCCCCCC. The number of aliphatic carboxylic acids is 2. The highest BCUT2D eigenvalue weighted by atomic mass is 16.4. The summed E-state index contributed by atoms with van der Waals surface area (Å²) in [6.07, 6.45) is 33.7. The molecule has 8 nitrogen and oxygen atoms in total. The normalized spacial score (nSPS) is 14.2. The first-order valence-corrected chi connectivity index (χ1v) is 20.8. The quantitative estimate of drug-likeness (QED) is 0.0280. The van der Waals surface area contributed by atoms with E-state index in [2.05, 4.69) is 38.2 Å². The number of Topliss-reactive ketones (excluding diaryl/α,β-unsaturated/α-hetero) is 2. The second kappa shape index (κ2) is 33.5. The second-order valence-electron chi connectivity index (χ2n) is 14.6. The van der Waals surface area contributed by atoms with Gasteiger partial charge in [0, 0.05) is 12.8 Å². The molecule has 0 spiro atoms. The fraction of sp³-hybridized carbons (Fsp3) is 0.814. The highest BCUT2D eigenvalue weighted by molar-refractivity contribution is 6.14. The summed E-state index contributed by atoms with van der Waals surface area (Å²) in [5, 5.41) is 40.1. The van der Waals surface area contributed by atoms with Gasteiger partial charge in [0.1, 0.15) is 17.1 Å². The van der Waals surface area contributed by atoms with Gasteiger partial charge in [-0.15, -0.1) is 0 Å². The second-order valence-corrected chi connectivity index (χ2v) is 14.6. The van der Waals surface area contributed by atoms with Gasteiger partial charge in [-0.2, -0.15) is 0 Å². The van der Waals surface area contributed by atoms with Gasteiger partial charge in [-0.3, -0.25) is 19.2 Å². The van der Waals surface area contributed by atoms with Gasteiger partial charge in [-0.1, -0.05) is 141 Å². The van der Waals surface area contributed by atoms with E-state index in [1.54, 1.807) is 0 Å². The van der Waals surface area contributed by atoms with Crippen molar-refractivity contribution in [2.75, 3.05) is 6.61 Å². The number of carbonyl (C=O) groups excluding carboxylic acids is 2. The molecule has 0 fully saturated rings. The Morgan fingerprint density at radius 2 is 0.882 bits per heavy atom. The zero-order chi connectivity index (χ0) is 38.0. The minimum Gasteiger partial charge on any atom is -0.481 e. The Bertz CT molecular complexity index is 958. The first-order chi connectivity index (χ1) is 24.7. The lowest BCUT2D eigenvalue weighted by Gasteiger charge is -2.34. The molecule has 0 aliphatic carbocycles. The Balaban J connectivity index is 4.78. The topological polar surface area (TPSA) is 149 Å². The highest BCUT2D eigenvalue weighted by Crippen LogP contribution is 2.39. The number of hydrogen-bond donors (Lipinski definition) is 4. The summed E-state index contributed by atoms with van der Waals surface area (Å²) in [5.41, 5.74) is -2.63. The maximum absolute atomic E-state index is 13.6. The molecule has 0 radical (unpaired) electrons. The minimum atomic E-state index is -2.63. The number of unbranched alkanes of at least 4 members (excludes halogenated alkanes) is 22. The van der Waals surface area contributed by atoms with Crippen LogP contribution in [0.2, 0.25) is 0 Å². The predicted octanol–water partition coefficient (Wildman–Crippen LogP) is 10.7. The van der Waals surface area contributed by atoms with E-state index in [9.17, 15) is 39.6 Å². The molecule has 0 bridgehead atoms. The number of carboxylic acids is 2. The van der Waals surface area contributed by atoms with Gasteiger partial charge in [-0.25, -0.2) is 0 Å². The summed E-state index contributed by atoms with van der Waals surface area (Å²) in [7, 11) is 0. The van der Waals surface area contributed by atoms with Crippen molar-refractivity contribution in [3.05, 3.63) is 24.3 Å². The molecule has 0 aromatic carbocycles. The molecule has 3 atom stereocenters. The molecular weight excluding hydrogens is 644 g/mol. The van der Waals surface area contributed by atoms with Crippen LogP contribution >= 0.6 is 0 Å². The molecule has 296 valence electrons. The number of ketones is 2. The molecule has 0 aromatic rings. The Labute approximate surface area is 311 Å². The van der Waals surface area contributed by atoms with Crippen molar-refractivity contribution in [2.45, 2.75) is 206 Å². The molecular formula is C43H76O8. The Morgan fingerprint density at radius 1 is 0.529 bits per heavy atom. The summed E-state index contributed by atoms with van der Waals surface area (Å²) in [6.45, 7) is 3.60. The van der Waals surface area contributed by atoms with E-state index in [0.717, 1.165) is 64.2 Å². The van der Waals surface area contributed by atoms with Crippen LogP contribution in [0, 0.1) is 11.3 Å². The molecule has 0 aliphatic heterocycles. The van der Waals surface area contributed by atoms with E-state index in [1.165, 1.54) is 77.0 Å². The number of hydrogen-bond acceptors (Lipinski definition) is 6. The summed E-state index contributed by atoms with van der Waals surface area (Å²) in [5.74, 6) is -7.23. The fourth-order valence-corrected chi connectivity index (χ4v) is 6.88. The van der Waals surface area contributed by atoms with Crippen LogP contribution in [-0.2, 0) is 19.2 Å². The van der Waals surface area contributed by atoms with Crippen LogP contribution in [-0.4, -0.2) is 56.6 Å². The van der Waals surface area contributed by atoms with E-state index in [1.807, 2.05) is 0 Å². The molecule has 0 amide bonds. The van der Waals surface area contributed by atoms with Crippen LogP contribution in [0.4, 0.5) is 0 Å². The third-order valence-corrected chi connectivity index (χ3v) is 10.1. The van der Waals surface area contributed by atoms with Crippen molar-refractivity contribution in [1.82, 2.24) is 0 Å². The van der Waals surface area contributed by atoms with Gasteiger partial charge in [0.2, 0.25) is 0 Å². The van der Waals surface area contributed by atoms with Crippen LogP contribution in [0.15, 0.2) is 24.3 Å².